The lowest BCUT2D eigenvalue weighted by Gasteiger charge is -2.48. The Morgan fingerprint density at radius 2 is 1.93 bits per heavy atom. The average molecular weight is 394 g/mol. The molecule has 29 heavy (non-hydrogen) atoms. The van der Waals surface area contributed by atoms with Crippen LogP contribution in [0.3, 0.4) is 0 Å². The molecule has 0 unspecified atom stereocenters. The molecule has 0 aliphatic carbocycles. The predicted molar refractivity (Wildman–Crippen MR) is 114 cm³/mol. The molecule has 5 nitrogen and oxygen atoms in total. The van der Waals surface area contributed by atoms with Crippen LogP contribution in [-0.4, -0.2) is 47.4 Å². The minimum Gasteiger partial charge on any atom is -0.497 e. The molecule has 0 radical (unpaired) electrons. The lowest BCUT2D eigenvalue weighted by Crippen LogP contribution is -2.53. The zero-order valence-corrected chi connectivity index (χ0v) is 17.6. The molecule has 3 heterocycles. The third kappa shape index (κ3) is 4.61. The zero-order chi connectivity index (χ0) is 20.3. The number of carbonyl (C=O) groups is 1. The van der Waals surface area contributed by atoms with Crippen molar-refractivity contribution in [3.8, 4) is 5.75 Å². The maximum absolute atomic E-state index is 12.6. The Balaban J connectivity index is 1.44. The van der Waals surface area contributed by atoms with Crippen molar-refractivity contribution >= 4 is 5.91 Å². The Labute approximate surface area is 173 Å². The Morgan fingerprint density at radius 1 is 1.10 bits per heavy atom. The molecule has 2 aliphatic rings. The summed E-state index contributed by atoms with van der Waals surface area (Å²) in [6.07, 6.45) is 7.70. The standard InChI is InChI=1S/C24H31N3O2/c1-19-14-22(29-2)5-4-21(19)16-26-13-3-9-24(17-26)10-6-23(28)27(18-24)15-20-7-11-25-12-8-20/h4-5,7-8,11-12,14H,3,6,9-10,13,15-18H2,1-2H3/t24-/m1/s1. The number of methoxy groups -OCH3 is 1. The van der Waals surface area contributed by atoms with Gasteiger partial charge in [-0.1, -0.05) is 6.07 Å². The molecule has 1 atom stereocenters. The number of aryl methyl sites for hydroxylation is 1. The molecule has 0 saturated carbocycles. The molecule has 1 spiro atoms. The summed E-state index contributed by atoms with van der Waals surface area (Å²) in [5, 5.41) is 0. The summed E-state index contributed by atoms with van der Waals surface area (Å²) < 4.78 is 5.35. The number of piperidine rings is 2. The second kappa shape index (κ2) is 8.54. The number of hydrogen-bond donors (Lipinski definition) is 0. The van der Waals surface area contributed by atoms with Crippen LogP contribution in [0.5, 0.6) is 5.75 Å². The smallest absolute Gasteiger partial charge is 0.222 e. The van der Waals surface area contributed by atoms with Gasteiger partial charge in [-0.3, -0.25) is 14.7 Å². The predicted octanol–water partition coefficient (Wildman–Crippen LogP) is 3.80. The van der Waals surface area contributed by atoms with Gasteiger partial charge in [0.25, 0.3) is 0 Å². The number of benzene rings is 1. The zero-order valence-electron chi connectivity index (χ0n) is 17.6. The number of pyridine rings is 1. The fourth-order valence-electron chi connectivity index (χ4n) is 4.95. The van der Waals surface area contributed by atoms with E-state index in [4.69, 9.17) is 4.74 Å². The normalized spacial score (nSPS) is 22.8. The lowest BCUT2D eigenvalue weighted by molar-refractivity contribution is -0.140. The number of nitrogens with zero attached hydrogens (tertiary/aromatic N) is 3. The van der Waals surface area contributed by atoms with Crippen molar-refractivity contribution in [2.24, 2.45) is 5.41 Å². The Morgan fingerprint density at radius 3 is 2.69 bits per heavy atom. The van der Waals surface area contributed by atoms with Crippen LogP contribution in [0.4, 0.5) is 0 Å². The summed E-state index contributed by atoms with van der Waals surface area (Å²) in [7, 11) is 1.71. The quantitative estimate of drug-likeness (QED) is 0.775. The van der Waals surface area contributed by atoms with Gasteiger partial charge in [0.1, 0.15) is 5.75 Å². The molecule has 1 aromatic heterocycles. The van der Waals surface area contributed by atoms with E-state index in [9.17, 15) is 4.79 Å². The van der Waals surface area contributed by atoms with Gasteiger partial charge < -0.3 is 9.64 Å². The second-order valence-corrected chi connectivity index (χ2v) is 8.71. The summed E-state index contributed by atoms with van der Waals surface area (Å²) in [5.74, 6) is 1.20. The van der Waals surface area contributed by atoms with Gasteiger partial charge in [-0.2, -0.15) is 0 Å². The van der Waals surface area contributed by atoms with Crippen LogP contribution in [0.25, 0.3) is 0 Å². The third-order valence-electron chi connectivity index (χ3n) is 6.56. The van der Waals surface area contributed by atoms with Gasteiger partial charge in [-0.25, -0.2) is 0 Å². The first kappa shape index (κ1) is 19.9. The molecule has 154 valence electrons. The first-order valence-electron chi connectivity index (χ1n) is 10.6. The van der Waals surface area contributed by atoms with E-state index in [1.54, 1.807) is 19.5 Å². The number of ether oxygens (including phenoxy) is 1. The molecule has 0 N–H and O–H groups in total. The molecule has 0 bridgehead atoms. The maximum atomic E-state index is 12.6. The number of amides is 1. The maximum Gasteiger partial charge on any atom is 0.222 e. The van der Waals surface area contributed by atoms with Gasteiger partial charge in [-0.05, 0) is 73.7 Å². The number of hydrogen-bond acceptors (Lipinski definition) is 4. The second-order valence-electron chi connectivity index (χ2n) is 8.71. The summed E-state index contributed by atoms with van der Waals surface area (Å²) in [6, 6.07) is 10.4. The van der Waals surface area contributed by atoms with E-state index in [0.29, 0.717) is 13.0 Å². The molecular formula is C24H31N3O2. The molecule has 2 fully saturated rings. The molecule has 2 aromatic rings. The van der Waals surface area contributed by atoms with Crippen molar-refractivity contribution in [3.05, 3.63) is 59.4 Å². The fraction of sp³-hybridized carbons (Fsp3) is 0.500. The number of likely N-dealkylation sites (tertiary alicyclic amines) is 2. The summed E-state index contributed by atoms with van der Waals surface area (Å²) in [4.78, 5) is 21.3. The minimum absolute atomic E-state index is 0.222. The minimum atomic E-state index is 0.222. The van der Waals surface area contributed by atoms with Crippen LogP contribution < -0.4 is 4.74 Å². The summed E-state index contributed by atoms with van der Waals surface area (Å²) in [5.41, 5.74) is 4.02. The van der Waals surface area contributed by atoms with Crippen molar-refractivity contribution in [2.45, 2.75) is 45.7 Å². The average Bonchev–Trinajstić information content (AvgIpc) is 2.73. The van der Waals surface area contributed by atoms with Crippen molar-refractivity contribution in [1.82, 2.24) is 14.8 Å². The number of aromatic nitrogens is 1. The lowest BCUT2D eigenvalue weighted by atomic mass is 9.73. The molecule has 5 heteroatoms. The molecule has 2 saturated heterocycles. The van der Waals surface area contributed by atoms with E-state index in [1.165, 1.54) is 24.0 Å². The summed E-state index contributed by atoms with van der Waals surface area (Å²) in [6.45, 7) is 6.89. The summed E-state index contributed by atoms with van der Waals surface area (Å²) >= 11 is 0. The fourth-order valence-corrected chi connectivity index (χ4v) is 4.95. The van der Waals surface area contributed by atoms with Crippen molar-refractivity contribution in [2.75, 3.05) is 26.7 Å². The van der Waals surface area contributed by atoms with E-state index in [2.05, 4.69) is 39.9 Å². The molecule has 2 aliphatic heterocycles. The SMILES string of the molecule is COc1ccc(CN2CCC[C@@]3(CCC(=O)N(Cc4ccncc4)C3)C2)c(C)c1. The first-order valence-corrected chi connectivity index (χ1v) is 10.6. The van der Waals surface area contributed by atoms with Crippen LogP contribution in [0.2, 0.25) is 0 Å². The highest BCUT2D eigenvalue weighted by molar-refractivity contribution is 5.77. The van der Waals surface area contributed by atoms with E-state index in [0.717, 1.165) is 43.9 Å². The van der Waals surface area contributed by atoms with Gasteiger partial charge in [0.05, 0.1) is 7.11 Å². The van der Waals surface area contributed by atoms with Crippen molar-refractivity contribution in [3.63, 3.8) is 0 Å². The van der Waals surface area contributed by atoms with E-state index in [-0.39, 0.29) is 11.3 Å². The number of rotatable bonds is 5. The van der Waals surface area contributed by atoms with Crippen LogP contribution in [-0.2, 0) is 17.9 Å². The van der Waals surface area contributed by atoms with Crippen LogP contribution >= 0.6 is 0 Å². The number of carbonyl (C=O) groups excluding carboxylic acids is 1. The van der Waals surface area contributed by atoms with E-state index in [1.807, 2.05) is 12.1 Å². The van der Waals surface area contributed by atoms with Crippen molar-refractivity contribution < 1.29 is 9.53 Å². The highest BCUT2D eigenvalue weighted by atomic mass is 16.5. The van der Waals surface area contributed by atoms with E-state index < -0.39 is 0 Å². The molecule has 1 aromatic carbocycles. The molecular weight excluding hydrogens is 362 g/mol. The van der Waals surface area contributed by atoms with Gasteiger partial charge in [0, 0.05) is 50.4 Å². The largest absolute Gasteiger partial charge is 0.497 e. The monoisotopic (exact) mass is 393 g/mol. The molecule has 4 rings (SSSR count). The van der Waals surface area contributed by atoms with Gasteiger partial charge in [0.2, 0.25) is 5.91 Å². The Kier molecular flexibility index (Phi) is 5.86. The van der Waals surface area contributed by atoms with Crippen LogP contribution in [0, 0.1) is 12.3 Å². The van der Waals surface area contributed by atoms with Crippen LogP contribution in [0.15, 0.2) is 42.7 Å². The van der Waals surface area contributed by atoms with Gasteiger partial charge in [-0.15, -0.1) is 0 Å². The highest BCUT2D eigenvalue weighted by Gasteiger charge is 2.41. The Hall–Kier alpha value is -2.40. The van der Waals surface area contributed by atoms with Gasteiger partial charge in [0.15, 0.2) is 0 Å². The van der Waals surface area contributed by atoms with Crippen LogP contribution in [0.1, 0.15) is 42.4 Å². The highest BCUT2D eigenvalue weighted by Crippen LogP contribution is 2.39. The van der Waals surface area contributed by atoms with E-state index >= 15 is 0 Å². The third-order valence-corrected chi connectivity index (χ3v) is 6.56. The Bertz CT molecular complexity index is 854. The topological polar surface area (TPSA) is 45.7 Å². The molecule has 1 amide bonds. The first-order chi connectivity index (χ1) is 14.1. The van der Waals surface area contributed by atoms with Crippen molar-refractivity contribution in [1.29, 1.82) is 0 Å². The van der Waals surface area contributed by atoms with Gasteiger partial charge >= 0.3 is 0 Å².